The van der Waals surface area contributed by atoms with Gasteiger partial charge in [-0.25, -0.2) is 0 Å². The first-order valence-electron chi connectivity index (χ1n) is 7.17. The third kappa shape index (κ3) is 5.46. The van der Waals surface area contributed by atoms with Crippen molar-refractivity contribution < 1.29 is 14.3 Å². The highest BCUT2D eigenvalue weighted by Crippen LogP contribution is 2.37. The fourth-order valence-electron chi connectivity index (χ4n) is 1.78. The molecule has 0 spiro atoms. The lowest BCUT2D eigenvalue weighted by molar-refractivity contribution is 0.0951. The summed E-state index contributed by atoms with van der Waals surface area (Å²) >= 11 is 6.20. The Balaban J connectivity index is 2.89. The number of amides is 1. The standard InChI is InChI=1S/C16H24ClNO3/c1-10(2)6-7-18-16(19)12-8-13(17)15(21-11(3)4)14(9-12)20-5/h8-11H,6-7H2,1-5H3,(H,18,19). The summed E-state index contributed by atoms with van der Waals surface area (Å²) in [6.07, 6.45) is 0.910. The highest BCUT2D eigenvalue weighted by molar-refractivity contribution is 6.32. The van der Waals surface area contributed by atoms with Gasteiger partial charge in [-0.15, -0.1) is 0 Å². The van der Waals surface area contributed by atoms with Crippen LogP contribution in [0.3, 0.4) is 0 Å². The zero-order valence-electron chi connectivity index (χ0n) is 13.3. The Bertz CT molecular complexity index is 487. The molecule has 0 unspecified atom stereocenters. The second-order valence-corrected chi connectivity index (χ2v) is 6.00. The van der Waals surface area contributed by atoms with Crippen molar-refractivity contribution in [2.75, 3.05) is 13.7 Å². The van der Waals surface area contributed by atoms with E-state index in [0.717, 1.165) is 6.42 Å². The average molecular weight is 314 g/mol. The van der Waals surface area contributed by atoms with Gasteiger partial charge in [-0.1, -0.05) is 25.4 Å². The van der Waals surface area contributed by atoms with Crippen LogP contribution in [0.2, 0.25) is 5.02 Å². The van der Waals surface area contributed by atoms with E-state index in [0.29, 0.717) is 34.5 Å². The summed E-state index contributed by atoms with van der Waals surface area (Å²) in [5, 5.41) is 3.25. The van der Waals surface area contributed by atoms with Gasteiger partial charge in [-0.2, -0.15) is 0 Å². The Labute approximate surface area is 131 Å². The van der Waals surface area contributed by atoms with Crippen LogP contribution in [0.4, 0.5) is 0 Å². The van der Waals surface area contributed by atoms with Crippen LogP contribution in [0.25, 0.3) is 0 Å². The molecule has 1 aromatic rings. The number of ether oxygens (including phenoxy) is 2. The molecule has 0 saturated carbocycles. The molecule has 118 valence electrons. The maximum atomic E-state index is 12.1. The van der Waals surface area contributed by atoms with Crippen molar-refractivity contribution in [3.05, 3.63) is 22.7 Å². The minimum absolute atomic E-state index is 0.0258. The molecule has 0 aromatic heterocycles. The first kappa shape index (κ1) is 17.6. The molecule has 0 aliphatic rings. The van der Waals surface area contributed by atoms with Gasteiger partial charge in [-0.3, -0.25) is 4.79 Å². The van der Waals surface area contributed by atoms with Gasteiger partial charge in [0.1, 0.15) is 0 Å². The SMILES string of the molecule is COc1cc(C(=O)NCCC(C)C)cc(Cl)c1OC(C)C. The Kier molecular flexibility index (Phi) is 6.82. The molecule has 21 heavy (non-hydrogen) atoms. The summed E-state index contributed by atoms with van der Waals surface area (Å²) < 4.78 is 10.9. The van der Waals surface area contributed by atoms with Crippen molar-refractivity contribution in [2.24, 2.45) is 5.92 Å². The number of halogens is 1. The lowest BCUT2D eigenvalue weighted by atomic mass is 10.1. The van der Waals surface area contributed by atoms with Crippen LogP contribution in [-0.2, 0) is 0 Å². The normalized spacial score (nSPS) is 10.9. The average Bonchev–Trinajstić information content (AvgIpc) is 2.39. The monoisotopic (exact) mass is 313 g/mol. The smallest absolute Gasteiger partial charge is 0.251 e. The molecule has 5 heteroatoms. The number of benzene rings is 1. The van der Waals surface area contributed by atoms with E-state index in [-0.39, 0.29) is 12.0 Å². The van der Waals surface area contributed by atoms with Gasteiger partial charge < -0.3 is 14.8 Å². The number of hydrogen-bond donors (Lipinski definition) is 1. The number of nitrogens with one attached hydrogen (secondary N) is 1. The van der Waals surface area contributed by atoms with Gasteiger partial charge in [0.2, 0.25) is 0 Å². The van der Waals surface area contributed by atoms with Crippen LogP contribution in [0.15, 0.2) is 12.1 Å². The van der Waals surface area contributed by atoms with E-state index in [1.165, 1.54) is 7.11 Å². The molecular formula is C16H24ClNO3. The number of rotatable bonds is 7. The largest absolute Gasteiger partial charge is 0.493 e. The minimum Gasteiger partial charge on any atom is -0.493 e. The van der Waals surface area contributed by atoms with Gasteiger partial charge in [-0.05, 0) is 38.3 Å². The van der Waals surface area contributed by atoms with E-state index in [1.807, 2.05) is 13.8 Å². The van der Waals surface area contributed by atoms with E-state index in [2.05, 4.69) is 19.2 Å². The minimum atomic E-state index is -0.160. The zero-order chi connectivity index (χ0) is 16.0. The third-order valence-electron chi connectivity index (χ3n) is 2.85. The quantitative estimate of drug-likeness (QED) is 0.830. The van der Waals surface area contributed by atoms with Gasteiger partial charge in [0.25, 0.3) is 5.91 Å². The highest BCUT2D eigenvalue weighted by Gasteiger charge is 2.16. The van der Waals surface area contributed by atoms with E-state index < -0.39 is 0 Å². The molecule has 0 aliphatic carbocycles. The Hall–Kier alpha value is -1.42. The molecule has 0 radical (unpaired) electrons. The van der Waals surface area contributed by atoms with Crippen LogP contribution in [0, 0.1) is 5.92 Å². The van der Waals surface area contributed by atoms with Gasteiger partial charge >= 0.3 is 0 Å². The lowest BCUT2D eigenvalue weighted by Crippen LogP contribution is -2.25. The number of methoxy groups -OCH3 is 1. The Morgan fingerprint density at radius 3 is 2.48 bits per heavy atom. The van der Waals surface area contributed by atoms with E-state index in [1.54, 1.807) is 12.1 Å². The molecule has 0 aliphatic heterocycles. The Morgan fingerprint density at radius 2 is 1.95 bits per heavy atom. The van der Waals surface area contributed by atoms with Crippen molar-refractivity contribution >= 4 is 17.5 Å². The molecule has 1 aromatic carbocycles. The molecule has 1 rings (SSSR count). The fourth-order valence-corrected chi connectivity index (χ4v) is 2.03. The maximum Gasteiger partial charge on any atom is 0.251 e. The van der Waals surface area contributed by atoms with Crippen molar-refractivity contribution in [2.45, 2.75) is 40.2 Å². The number of carbonyl (C=O) groups is 1. The highest BCUT2D eigenvalue weighted by atomic mass is 35.5. The first-order chi connectivity index (χ1) is 9.85. The van der Waals surface area contributed by atoms with Crippen LogP contribution in [-0.4, -0.2) is 25.7 Å². The molecular weight excluding hydrogens is 290 g/mol. The molecule has 0 bridgehead atoms. The fraction of sp³-hybridized carbons (Fsp3) is 0.562. The molecule has 0 saturated heterocycles. The molecule has 0 fully saturated rings. The summed E-state index contributed by atoms with van der Waals surface area (Å²) in [6, 6.07) is 3.25. The number of carbonyl (C=O) groups excluding carboxylic acids is 1. The van der Waals surface area contributed by atoms with Crippen molar-refractivity contribution in [1.82, 2.24) is 5.32 Å². The first-order valence-corrected chi connectivity index (χ1v) is 7.55. The maximum absolute atomic E-state index is 12.1. The summed E-state index contributed by atoms with van der Waals surface area (Å²) in [5.41, 5.74) is 0.469. The lowest BCUT2D eigenvalue weighted by Gasteiger charge is -2.16. The van der Waals surface area contributed by atoms with Crippen LogP contribution < -0.4 is 14.8 Å². The molecule has 4 nitrogen and oxygen atoms in total. The predicted molar refractivity (Wildman–Crippen MR) is 85.6 cm³/mol. The summed E-state index contributed by atoms with van der Waals surface area (Å²) in [5.74, 6) is 1.32. The third-order valence-corrected chi connectivity index (χ3v) is 3.13. The van der Waals surface area contributed by atoms with Crippen LogP contribution in [0.5, 0.6) is 11.5 Å². The Morgan fingerprint density at radius 1 is 1.29 bits per heavy atom. The number of hydrogen-bond acceptors (Lipinski definition) is 3. The molecule has 0 atom stereocenters. The van der Waals surface area contributed by atoms with Crippen molar-refractivity contribution in [3.8, 4) is 11.5 Å². The van der Waals surface area contributed by atoms with Gasteiger partial charge in [0.15, 0.2) is 11.5 Å². The van der Waals surface area contributed by atoms with Crippen LogP contribution >= 0.6 is 11.6 Å². The summed E-state index contributed by atoms with van der Waals surface area (Å²) in [4.78, 5) is 12.1. The van der Waals surface area contributed by atoms with E-state index >= 15 is 0 Å². The van der Waals surface area contributed by atoms with E-state index in [9.17, 15) is 4.79 Å². The molecule has 1 N–H and O–H groups in total. The molecule has 0 heterocycles. The summed E-state index contributed by atoms with van der Waals surface area (Å²) in [7, 11) is 1.53. The topological polar surface area (TPSA) is 47.6 Å². The van der Waals surface area contributed by atoms with E-state index in [4.69, 9.17) is 21.1 Å². The molecule has 1 amide bonds. The second-order valence-electron chi connectivity index (χ2n) is 5.59. The predicted octanol–water partition coefficient (Wildman–Crippen LogP) is 3.91. The summed E-state index contributed by atoms with van der Waals surface area (Å²) in [6.45, 7) is 8.68. The van der Waals surface area contributed by atoms with Gasteiger partial charge in [0, 0.05) is 12.1 Å². The van der Waals surface area contributed by atoms with Crippen molar-refractivity contribution in [1.29, 1.82) is 0 Å². The zero-order valence-corrected chi connectivity index (χ0v) is 14.1. The van der Waals surface area contributed by atoms with Crippen LogP contribution in [0.1, 0.15) is 44.5 Å². The second kappa shape index (κ2) is 8.13. The van der Waals surface area contributed by atoms with Crippen molar-refractivity contribution in [3.63, 3.8) is 0 Å². The van der Waals surface area contributed by atoms with Gasteiger partial charge in [0.05, 0.1) is 18.2 Å².